The van der Waals surface area contributed by atoms with Crippen LogP contribution in [0.5, 0.6) is 0 Å². The van der Waals surface area contributed by atoms with Gasteiger partial charge in [0.1, 0.15) is 11.4 Å². The van der Waals surface area contributed by atoms with Gasteiger partial charge in [-0.1, -0.05) is 0 Å². The lowest BCUT2D eigenvalue weighted by Crippen LogP contribution is -2.50. The van der Waals surface area contributed by atoms with E-state index >= 15 is 4.39 Å². The van der Waals surface area contributed by atoms with Crippen molar-refractivity contribution in [3.8, 4) is 0 Å². The molecule has 10 heteroatoms. The third kappa shape index (κ3) is 6.38. The maximum Gasteiger partial charge on any atom is 0.313 e. The molecule has 1 saturated heterocycles. The molecule has 7 nitrogen and oxygen atoms in total. The number of aryl methyl sites for hydroxylation is 1. The predicted octanol–water partition coefficient (Wildman–Crippen LogP) is 5.80. The molecular formula is C26H38F3N5O2. The third-order valence-corrected chi connectivity index (χ3v) is 6.20. The Bertz CT molecular complexity index is 1100. The molecule has 1 aliphatic rings. The zero-order chi connectivity index (χ0) is 27.1. The van der Waals surface area contributed by atoms with E-state index in [0.29, 0.717) is 25.2 Å². The molecule has 2 atom stereocenters. The number of anilines is 2. The van der Waals surface area contributed by atoms with Gasteiger partial charge < -0.3 is 15.4 Å². The van der Waals surface area contributed by atoms with Gasteiger partial charge in [0.2, 0.25) is 0 Å². The van der Waals surface area contributed by atoms with E-state index in [4.69, 9.17) is 4.74 Å². The number of carbonyl (C=O) groups excluding carboxylic acids is 1. The number of hydrogen-bond donors (Lipinski definition) is 2. The summed E-state index contributed by atoms with van der Waals surface area (Å²) in [6.07, 6.45) is -2.44. The summed E-state index contributed by atoms with van der Waals surface area (Å²) < 4.78 is 50.5. The second-order valence-electron chi connectivity index (χ2n) is 11.8. The van der Waals surface area contributed by atoms with Gasteiger partial charge in [-0.3, -0.25) is 9.48 Å². The summed E-state index contributed by atoms with van der Waals surface area (Å²) in [7, 11) is 0. The fourth-order valence-corrected chi connectivity index (χ4v) is 4.73. The molecule has 200 valence electrons. The van der Waals surface area contributed by atoms with Gasteiger partial charge >= 0.3 is 5.97 Å². The Hall–Kier alpha value is -2.62. The van der Waals surface area contributed by atoms with Crippen LogP contribution < -0.4 is 10.6 Å². The number of rotatable bonds is 6. The predicted molar refractivity (Wildman–Crippen MR) is 133 cm³/mol. The van der Waals surface area contributed by atoms with Crippen molar-refractivity contribution in [2.24, 2.45) is 5.41 Å². The van der Waals surface area contributed by atoms with Crippen molar-refractivity contribution >= 4 is 17.6 Å². The normalized spacial score (nSPS) is 21.1. The van der Waals surface area contributed by atoms with Crippen LogP contribution in [-0.2, 0) is 21.5 Å². The number of nitrogens with zero attached hydrogens (tertiary/aromatic N) is 3. The molecule has 2 N–H and O–H groups in total. The summed E-state index contributed by atoms with van der Waals surface area (Å²) in [5.74, 6) is -1.12. The van der Waals surface area contributed by atoms with Crippen LogP contribution in [0.25, 0.3) is 0 Å². The zero-order valence-corrected chi connectivity index (χ0v) is 22.4. The highest BCUT2D eigenvalue weighted by atomic mass is 19.3. The van der Waals surface area contributed by atoms with Crippen molar-refractivity contribution in [3.05, 3.63) is 34.9 Å². The number of carbonyl (C=O) groups is 1. The summed E-state index contributed by atoms with van der Waals surface area (Å²) >= 11 is 0. The van der Waals surface area contributed by atoms with E-state index in [0.717, 1.165) is 11.8 Å². The smallest absolute Gasteiger partial charge is 0.313 e. The molecule has 3 rings (SSSR count). The summed E-state index contributed by atoms with van der Waals surface area (Å²) in [5, 5.41) is 10.8. The van der Waals surface area contributed by atoms with Crippen LogP contribution in [0.1, 0.15) is 84.7 Å². The highest BCUT2D eigenvalue weighted by molar-refractivity contribution is 5.78. The molecule has 0 amide bonds. The van der Waals surface area contributed by atoms with Gasteiger partial charge in [-0.15, -0.1) is 0 Å². The van der Waals surface area contributed by atoms with Gasteiger partial charge in [-0.25, -0.2) is 18.2 Å². The van der Waals surface area contributed by atoms with Crippen LogP contribution in [0.4, 0.5) is 24.8 Å². The standard InChI is InChI=1S/C26H38F3N5O2/c1-15-13-26(9-10-30-15,23(35)36-25(6,7)8)14-18-21(27)17(22(28)29)12-19(31-18)32-20-11-16(2)34(33-20)24(3,4)5/h11-12,15,22,30H,9-10,13-14H2,1-8H3,(H,31,32,33)/t15-,26?/m1/s1. The summed E-state index contributed by atoms with van der Waals surface area (Å²) in [6, 6.07) is 2.74. The van der Waals surface area contributed by atoms with E-state index in [1.807, 2.05) is 39.3 Å². The molecule has 0 aromatic carbocycles. The summed E-state index contributed by atoms with van der Waals surface area (Å²) in [6.45, 7) is 15.6. The lowest BCUT2D eigenvalue weighted by molar-refractivity contribution is -0.170. The first-order valence-electron chi connectivity index (χ1n) is 12.3. The first kappa shape index (κ1) is 28.0. The maximum atomic E-state index is 15.3. The molecule has 36 heavy (non-hydrogen) atoms. The van der Waals surface area contributed by atoms with Crippen molar-refractivity contribution in [1.82, 2.24) is 20.1 Å². The molecule has 1 aliphatic heterocycles. The van der Waals surface area contributed by atoms with Crippen LogP contribution in [0.2, 0.25) is 0 Å². The quantitative estimate of drug-likeness (QED) is 0.479. The second kappa shape index (κ2) is 10.0. The van der Waals surface area contributed by atoms with Crippen molar-refractivity contribution < 1.29 is 22.7 Å². The third-order valence-electron chi connectivity index (χ3n) is 6.20. The first-order valence-corrected chi connectivity index (χ1v) is 12.3. The molecule has 2 aromatic heterocycles. The number of aromatic nitrogens is 3. The van der Waals surface area contributed by atoms with Gasteiger partial charge in [-0.2, -0.15) is 5.10 Å². The monoisotopic (exact) mass is 509 g/mol. The fourth-order valence-electron chi connectivity index (χ4n) is 4.73. The molecule has 0 bridgehead atoms. The van der Waals surface area contributed by atoms with Gasteiger partial charge in [0, 0.05) is 24.2 Å². The van der Waals surface area contributed by atoms with Crippen LogP contribution in [0, 0.1) is 18.2 Å². The average Bonchev–Trinajstić information content (AvgIpc) is 3.09. The van der Waals surface area contributed by atoms with E-state index in [1.165, 1.54) is 0 Å². The largest absolute Gasteiger partial charge is 0.460 e. The molecule has 0 spiro atoms. The zero-order valence-electron chi connectivity index (χ0n) is 22.4. The minimum Gasteiger partial charge on any atom is -0.460 e. The summed E-state index contributed by atoms with van der Waals surface area (Å²) in [4.78, 5) is 17.7. The molecule has 2 aromatic rings. The van der Waals surface area contributed by atoms with Gasteiger partial charge in [-0.05, 0) is 80.8 Å². The highest BCUT2D eigenvalue weighted by Crippen LogP contribution is 2.39. The minimum absolute atomic E-state index is 0.0328. The Morgan fingerprint density at radius 1 is 1.25 bits per heavy atom. The molecule has 1 unspecified atom stereocenters. The highest BCUT2D eigenvalue weighted by Gasteiger charge is 2.45. The van der Waals surface area contributed by atoms with Crippen molar-refractivity contribution in [2.45, 2.75) is 98.3 Å². The fraction of sp³-hybridized carbons (Fsp3) is 0.654. The number of hydrogen-bond acceptors (Lipinski definition) is 6. The molecular weight excluding hydrogens is 471 g/mol. The molecule has 0 aliphatic carbocycles. The van der Waals surface area contributed by atoms with Gasteiger partial charge in [0.15, 0.2) is 11.6 Å². The van der Waals surface area contributed by atoms with E-state index < -0.39 is 34.8 Å². The number of esters is 1. The van der Waals surface area contributed by atoms with E-state index in [9.17, 15) is 13.6 Å². The Kier molecular flexibility index (Phi) is 7.79. The Labute approximate surface area is 211 Å². The maximum absolute atomic E-state index is 15.3. The van der Waals surface area contributed by atoms with E-state index in [1.54, 1.807) is 26.8 Å². The van der Waals surface area contributed by atoms with Gasteiger partial charge in [0.25, 0.3) is 6.43 Å². The number of piperidine rings is 1. The molecule has 0 radical (unpaired) electrons. The van der Waals surface area contributed by atoms with Crippen LogP contribution in [0.3, 0.4) is 0 Å². The number of alkyl halides is 2. The lowest BCUT2D eigenvalue weighted by Gasteiger charge is -2.40. The number of pyridine rings is 1. The minimum atomic E-state index is -3.05. The Morgan fingerprint density at radius 3 is 2.44 bits per heavy atom. The van der Waals surface area contributed by atoms with Gasteiger partial charge in [0.05, 0.1) is 22.2 Å². The topological polar surface area (TPSA) is 81.1 Å². The Morgan fingerprint density at radius 2 is 1.92 bits per heavy atom. The number of halogens is 3. The lowest BCUT2D eigenvalue weighted by atomic mass is 9.72. The number of ether oxygens (including phenoxy) is 1. The van der Waals surface area contributed by atoms with Crippen molar-refractivity contribution in [3.63, 3.8) is 0 Å². The SMILES string of the molecule is Cc1cc(Nc2cc(C(F)F)c(F)c(CC3(C(=O)OC(C)(C)C)CCN[C@H](C)C3)n2)nn1C(C)(C)C. The van der Waals surface area contributed by atoms with E-state index in [-0.39, 0.29) is 29.5 Å². The van der Waals surface area contributed by atoms with Crippen LogP contribution >= 0.6 is 0 Å². The number of nitrogens with one attached hydrogen (secondary N) is 2. The molecule has 0 saturated carbocycles. The first-order chi connectivity index (χ1) is 16.5. The summed E-state index contributed by atoms with van der Waals surface area (Å²) in [5.41, 5.74) is -2.21. The average molecular weight is 510 g/mol. The van der Waals surface area contributed by atoms with Crippen LogP contribution in [-0.4, -0.2) is 38.9 Å². The molecule has 3 heterocycles. The van der Waals surface area contributed by atoms with Crippen molar-refractivity contribution in [1.29, 1.82) is 0 Å². The Balaban J connectivity index is 2.03. The van der Waals surface area contributed by atoms with Crippen molar-refractivity contribution in [2.75, 3.05) is 11.9 Å². The molecule has 1 fully saturated rings. The van der Waals surface area contributed by atoms with E-state index in [2.05, 4.69) is 20.7 Å². The second-order valence-corrected chi connectivity index (χ2v) is 11.8. The van der Waals surface area contributed by atoms with Crippen LogP contribution in [0.15, 0.2) is 12.1 Å².